The van der Waals surface area contributed by atoms with Crippen LogP contribution in [-0.4, -0.2) is 23.1 Å². The normalized spacial score (nSPS) is 20.2. The molecule has 1 unspecified atom stereocenters. The molecule has 1 aliphatic carbocycles. The van der Waals surface area contributed by atoms with Crippen molar-refractivity contribution in [3.8, 4) is 0 Å². The standard InChI is InChI=1S/C27H40O5/c1-4-5-6-7-8-9-10-11-12-13-14-15-16-17-25(29)32-27(3)24(28)19-22-18-21(2)31-20-23(22)26(27)30/h18-20H,4-17H2,1-3H3. The SMILES string of the molecule is CCCCCCCCCCCCCCCC(=O)OC1(C)C(=O)C=C2C=C(C)OC=C2C1=O. The molecule has 1 atom stereocenters. The molecule has 0 aromatic rings. The first-order valence-corrected chi connectivity index (χ1v) is 12.5. The number of hydrogen-bond acceptors (Lipinski definition) is 5. The Balaban J connectivity index is 1.59. The van der Waals surface area contributed by atoms with Crippen molar-refractivity contribution < 1.29 is 23.9 Å². The van der Waals surface area contributed by atoms with Crippen LogP contribution < -0.4 is 0 Å². The van der Waals surface area contributed by atoms with Gasteiger partial charge in [0.25, 0.3) is 0 Å². The van der Waals surface area contributed by atoms with Crippen molar-refractivity contribution in [3.63, 3.8) is 0 Å². The Morgan fingerprint density at radius 1 is 0.875 bits per heavy atom. The van der Waals surface area contributed by atoms with Crippen LogP contribution in [-0.2, 0) is 23.9 Å². The van der Waals surface area contributed by atoms with Gasteiger partial charge in [-0.05, 0) is 38.0 Å². The van der Waals surface area contributed by atoms with E-state index in [1.165, 1.54) is 83.5 Å². The monoisotopic (exact) mass is 444 g/mol. The molecule has 0 spiro atoms. The average Bonchev–Trinajstić information content (AvgIpc) is 2.75. The number of ether oxygens (including phenoxy) is 2. The summed E-state index contributed by atoms with van der Waals surface area (Å²) in [5.41, 5.74) is -1.02. The fourth-order valence-corrected chi connectivity index (χ4v) is 4.16. The summed E-state index contributed by atoms with van der Waals surface area (Å²) in [6, 6.07) is 0. The fourth-order valence-electron chi connectivity index (χ4n) is 4.16. The van der Waals surface area contributed by atoms with Crippen LogP contribution in [0.3, 0.4) is 0 Å². The van der Waals surface area contributed by atoms with Gasteiger partial charge in [-0.3, -0.25) is 14.4 Å². The number of unbranched alkanes of at least 4 members (excludes halogenated alkanes) is 12. The Bertz CT molecular complexity index is 758. The van der Waals surface area contributed by atoms with E-state index in [0.717, 1.165) is 12.8 Å². The minimum Gasteiger partial charge on any atom is -0.469 e. The van der Waals surface area contributed by atoms with Gasteiger partial charge < -0.3 is 9.47 Å². The number of fused-ring (bicyclic) bond motifs is 1. The van der Waals surface area contributed by atoms with Gasteiger partial charge in [-0.15, -0.1) is 0 Å². The third-order valence-corrected chi connectivity index (χ3v) is 6.27. The van der Waals surface area contributed by atoms with Crippen LogP contribution in [0.2, 0.25) is 0 Å². The van der Waals surface area contributed by atoms with Gasteiger partial charge in [0.2, 0.25) is 17.2 Å². The van der Waals surface area contributed by atoms with Crippen LogP contribution in [0.25, 0.3) is 0 Å². The number of esters is 1. The Labute approximate surface area is 193 Å². The lowest BCUT2D eigenvalue weighted by molar-refractivity contribution is -0.169. The molecule has 178 valence electrons. The molecular weight excluding hydrogens is 404 g/mol. The molecule has 5 heteroatoms. The van der Waals surface area contributed by atoms with Crippen LogP contribution in [0.5, 0.6) is 0 Å². The summed E-state index contributed by atoms with van der Waals surface area (Å²) in [5.74, 6) is -0.927. The zero-order chi connectivity index (χ0) is 23.4. The van der Waals surface area contributed by atoms with Gasteiger partial charge in [0.05, 0.1) is 5.57 Å². The number of rotatable bonds is 15. The molecule has 5 nitrogen and oxygen atoms in total. The maximum Gasteiger partial charge on any atom is 0.307 e. The van der Waals surface area contributed by atoms with Crippen LogP contribution in [0.15, 0.2) is 35.3 Å². The van der Waals surface area contributed by atoms with Crippen molar-refractivity contribution in [2.75, 3.05) is 0 Å². The van der Waals surface area contributed by atoms with Gasteiger partial charge in [-0.2, -0.15) is 0 Å². The highest BCUT2D eigenvalue weighted by molar-refractivity contribution is 6.26. The first-order valence-electron chi connectivity index (χ1n) is 12.5. The highest BCUT2D eigenvalue weighted by Crippen LogP contribution is 2.33. The van der Waals surface area contributed by atoms with Gasteiger partial charge >= 0.3 is 5.97 Å². The number of ketones is 2. The Hall–Kier alpha value is -2.17. The summed E-state index contributed by atoms with van der Waals surface area (Å²) in [7, 11) is 0. The summed E-state index contributed by atoms with van der Waals surface area (Å²) in [5, 5.41) is 0. The van der Waals surface area contributed by atoms with E-state index in [0.29, 0.717) is 17.8 Å². The Kier molecular flexibility index (Phi) is 10.9. The van der Waals surface area contributed by atoms with Crippen molar-refractivity contribution in [2.24, 2.45) is 0 Å². The number of carbonyl (C=O) groups is 3. The molecular formula is C27H40O5. The van der Waals surface area contributed by atoms with Gasteiger partial charge in [0.15, 0.2) is 0 Å². The van der Waals surface area contributed by atoms with E-state index in [-0.39, 0.29) is 12.0 Å². The molecule has 0 saturated heterocycles. The molecule has 0 fully saturated rings. The lowest BCUT2D eigenvalue weighted by Gasteiger charge is -2.31. The predicted molar refractivity (Wildman–Crippen MR) is 126 cm³/mol. The number of hydrogen-bond donors (Lipinski definition) is 0. The van der Waals surface area contributed by atoms with Gasteiger partial charge in [0, 0.05) is 6.42 Å². The van der Waals surface area contributed by atoms with E-state index in [2.05, 4.69) is 6.92 Å². The smallest absolute Gasteiger partial charge is 0.307 e. The Morgan fingerprint density at radius 2 is 1.41 bits per heavy atom. The summed E-state index contributed by atoms with van der Waals surface area (Å²) in [6.45, 7) is 5.36. The molecule has 2 aliphatic rings. The van der Waals surface area contributed by atoms with Crippen LogP contribution in [0.1, 0.15) is 111 Å². The molecule has 0 aromatic carbocycles. The molecule has 0 saturated carbocycles. The molecule has 32 heavy (non-hydrogen) atoms. The van der Waals surface area contributed by atoms with E-state index in [9.17, 15) is 14.4 Å². The van der Waals surface area contributed by atoms with Crippen molar-refractivity contribution in [2.45, 2.75) is 116 Å². The first kappa shape index (κ1) is 26.1. The van der Waals surface area contributed by atoms with E-state index in [4.69, 9.17) is 9.47 Å². The number of Topliss-reactive ketones (excluding diaryl/α,β-unsaturated/α-hetero) is 1. The third-order valence-electron chi connectivity index (χ3n) is 6.27. The maximum atomic E-state index is 12.8. The van der Waals surface area contributed by atoms with E-state index in [1.54, 1.807) is 13.0 Å². The molecule has 0 amide bonds. The van der Waals surface area contributed by atoms with Crippen molar-refractivity contribution in [1.29, 1.82) is 0 Å². The minimum atomic E-state index is -1.80. The zero-order valence-electron chi connectivity index (χ0n) is 20.2. The van der Waals surface area contributed by atoms with Crippen LogP contribution >= 0.6 is 0 Å². The molecule has 2 rings (SSSR count). The average molecular weight is 445 g/mol. The second-order valence-corrected chi connectivity index (χ2v) is 9.20. The topological polar surface area (TPSA) is 69.7 Å². The predicted octanol–water partition coefficient (Wildman–Crippen LogP) is 6.67. The van der Waals surface area contributed by atoms with Gasteiger partial charge in [-0.1, -0.05) is 84.0 Å². The summed E-state index contributed by atoms with van der Waals surface area (Å²) in [6.07, 6.45) is 20.5. The largest absolute Gasteiger partial charge is 0.469 e. The van der Waals surface area contributed by atoms with Gasteiger partial charge in [0.1, 0.15) is 12.0 Å². The quantitative estimate of drug-likeness (QED) is 0.160. The second kappa shape index (κ2) is 13.4. The maximum absolute atomic E-state index is 12.8. The highest BCUT2D eigenvalue weighted by Gasteiger charge is 2.49. The third kappa shape index (κ3) is 7.75. The summed E-state index contributed by atoms with van der Waals surface area (Å²) >= 11 is 0. The lowest BCUT2D eigenvalue weighted by atomic mass is 9.80. The number of allylic oxidation sites excluding steroid dienone is 3. The van der Waals surface area contributed by atoms with Crippen molar-refractivity contribution in [1.82, 2.24) is 0 Å². The fraction of sp³-hybridized carbons (Fsp3) is 0.667. The second-order valence-electron chi connectivity index (χ2n) is 9.20. The van der Waals surface area contributed by atoms with E-state index >= 15 is 0 Å². The van der Waals surface area contributed by atoms with Crippen molar-refractivity contribution in [3.05, 3.63) is 35.3 Å². The molecule has 0 radical (unpaired) electrons. The van der Waals surface area contributed by atoms with Crippen molar-refractivity contribution >= 4 is 17.5 Å². The summed E-state index contributed by atoms with van der Waals surface area (Å²) < 4.78 is 10.7. The molecule has 1 heterocycles. The molecule has 0 aromatic heterocycles. The lowest BCUT2D eigenvalue weighted by Crippen LogP contribution is -2.50. The molecule has 0 bridgehead atoms. The zero-order valence-corrected chi connectivity index (χ0v) is 20.2. The highest BCUT2D eigenvalue weighted by atomic mass is 16.6. The van der Waals surface area contributed by atoms with Gasteiger partial charge in [-0.25, -0.2) is 0 Å². The first-order chi connectivity index (χ1) is 15.4. The minimum absolute atomic E-state index is 0.221. The van der Waals surface area contributed by atoms with Crippen LogP contribution in [0.4, 0.5) is 0 Å². The van der Waals surface area contributed by atoms with E-state index in [1.807, 2.05) is 0 Å². The van der Waals surface area contributed by atoms with Crippen LogP contribution in [0, 0.1) is 0 Å². The molecule has 1 aliphatic heterocycles. The van der Waals surface area contributed by atoms with E-state index < -0.39 is 23.1 Å². The Morgan fingerprint density at radius 3 is 1.97 bits per heavy atom. The summed E-state index contributed by atoms with van der Waals surface area (Å²) in [4.78, 5) is 37.7. The number of carbonyl (C=O) groups excluding carboxylic acids is 3. The molecule has 0 N–H and O–H groups in total.